The molecule has 7 nitrogen and oxygen atoms in total. The largest absolute Gasteiger partial charge is 0.379 e. The third-order valence-electron chi connectivity index (χ3n) is 3.64. The smallest absolute Gasteiger partial charge is 0.216 e. The Hall–Kier alpha value is -0.250. The summed E-state index contributed by atoms with van der Waals surface area (Å²) < 4.78 is 48.8. The first-order valence-corrected chi connectivity index (χ1v) is 9.36. The first-order chi connectivity index (χ1) is 10.3. The van der Waals surface area contributed by atoms with Crippen molar-refractivity contribution in [2.75, 3.05) is 51.9 Å². The molecule has 2 heterocycles. The molecule has 0 aromatic heterocycles. The van der Waals surface area contributed by atoms with Crippen molar-refractivity contribution in [2.45, 2.75) is 38.6 Å². The molecule has 0 radical (unpaired) electrons. The van der Waals surface area contributed by atoms with Gasteiger partial charge in [0.2, 0.25) is 10.0 Å². The molecule has 0 aliphatic carbocycles. The lowest BCUT2D eigenvalue weighted by molar-refractivity contribution is -0.174. The first kappa shape index (κ1) is 18.1. The van der Waals surface area contributed by atoms with Crippen LogP contribution in [0.25, 0.3) is 0 Å². The van der Waals surface area contributed by atoms with Gasteiger partial charge in [0, 0.05) is 19.7 Å². The van der Waals surface area contributed by atoms with Gasteiger partial charge in [0.15, 0.2) is 0 Å². The number of sulfonamides is 1. The van der Waals surface area contributed by atoms with Crippen molar-refractivity contribution in [3.8, 4) is 0 Å². The third kappa shape index (κ3) is 5.14. The summed E-state index contributed by atoms with van der Waals surface area (Å²) in [4.78, 5) is 0. The van der Waals surface area contributed by atoms with E-state index in [0.717, 1.165) is 0 Å². The second kappa shape index (κ2) is 7.55. The molecular formula is C14H27NO6S. The molecule has 0 saturated carbocycles. The van der Waals surface area contributed by atoms with Gasteiger partial charge < -0.3 is 18.9 Å². The number of hydrogen-bond acceptors (Lipinski definition) is 6. The van der Waals surface area contributed by atoms with E-state index in [-0.39, 0.29) is 11.9 Å². The van der Waals surface area contributed by atoms with Gasteiger partial charge in [-0.25, -0.2) is 8.42 Å². The highest BCUT2D eigenvalue weighted by Crippen LogP contribution is 2.21. The summed E-state index contributed by atoms with van der Waals surface area (Å²) >= 11 is 0. The predicted octanol–water partition coefficient (Wildman–Crippen LogP) is 0.248. The van der Waals surface area contributed by atoms with Crippen LogP contribution in [0.1, 0.15) is 20.8 Å². The van der Waals surface area contributed by atoms with Crippen LogP contribution in [0, 0.1) is 0 Å². The van der Waals surface area contributed by atoms with Gasteiger partial charge in [0.1, 0.15) is 0 Å². The summed E-state index contributed by atoms with van der Waals surface area (Å²) in [6.45, 7) is 8.61. The molecule has 22 heavy (non-hydrogen) atoms. The van der Waals surface area contributed by atoms with E-state index in [1.54, 1.807) is 0 Å². The van der Waals surface area contributed by atoms with Gasteiger partial charge in [0.05, 0.1) is 50.0 Å². The fourth-order valence-electron chi connectivity index (χ4n) is 2.67. The van der Waals surface area contributed by atoms with Crippen LogP contribution in [0.2, 0.25) is 0 Å². The lowest BCUT2D eigenvalue weighted by Crippen LogP contribution is -2.51. The maximum atomic E-state index is 12.6. The average Bonchev–Trinajstić information content (AvgIpc) is 2.44. The van der Waals surface area contributed by atoms with Crippen LogP contribution in [0.15, 0.2) is 0 Å². The van der Waals surface area contributed by atoms with Crippen LogP contribution >= 0.6 is 0 Å². The van der Waals surface area contributed by atoms with Crippen molar-refractivity contribution in [3.63, 3.8) is 0 Å². The summed E-state index contributed by atoms with van der Waals surface area (Å²) in [7, 11) is -3.40. The van der Waals surface area contributed by atoms with E-state index in [1.807, 2.05) is 20.8 Å². The molecule has 0 bridgehead atoms. The lowest BCUT2D eigenvalue weighted by atomic mass is 10.1. The van der Waals surface area contributed by atoms with Crippen molar-refractivity contribution in [3.05, 3.63) is 0 Å². The Balaban J connectivity index is 1.91. The van der Waals surface area contributed by atoms with Crippen molar-refractivity contribution in [1.82, 2.24) is 4.31 Å². The molecule has 0 N–H and O–H groups in total. The molecule has 130 valence electrons. The summed E-state index contributed by atoms with van der Waals surface area (Å²) in [5, 5.41) is 0. The Labute approximate surface area is 132 Å². The molecule has 2 aliphatic rings. The van der Waals surface area contributed by atoms with Gasteiger partial charge >= 0.3 is 0 Å². The Bertz CT molecular complexity index is 452. The molecule has 0 aromatic rings. The standard InChI is InChI=1S/C14H27NO6S/c1-4-18-8-12-7-15(5-6-20-12)22(16,17)10-13-9-19-11-14(2,3)21-13/h12-13H,4-11H2,1-3H3. The SMILES string of the molecule is CCOCC1CN(S(=O)(=O)CC2COCC(C)(C)O2)CCO1. The van der Waals surface area contributed by atoms with E-state index in [0.29, 0.717) is 46.1 Å². The second-order valence-electron chi connectivity index (χ2n) is 6.30. The zero-order chi connectivity index (χ0) is 16.2. The Morgan fingerprint density at radius 2 is 2.09 bits per heavy atom. The molecule has 8 heteroatoms. The maximum absolute atomic E-state index is 12.6. The minimum absolute atomic E-state index is 0.0578. The van der Waals surface area contributed by atoms with Gasteiger partial charge in [-0.1, -0.05) is 0 Å². The fraction of sp³-hybridized carbons (Fsp3) is 1.00. The molecule has 2 unspecified atom stereocenters. The van der Waals surface area contributed by atoms with Crippen molar-refractivity contribution in [1.29, 1.82) is 0 Å². The normalized spacial score (nSPS) is 30.3. The van der Waals surface area contributed by atoms with Crippen LogP contribution in [0.5, 0.6) is 0 Å². The van der Waals surface area contributed by atoms with E-state index < -0.39 is 21.7 Å². The van der Waals surface area contributed by atoms with Crippen molar-refractivity contribution < 1.29 is 27.4 Å². The molecule has 2 rings (SSSR count). The Morgan fingerprint density at radius 1 is 1.32 bits per heavy atom. The average molecular weight is 337 g/mol. The number of nitrogens with zero attached hydrogens (tertiary/aromatic N) is 1. The molecule has 0 amide bonds. The third-order valence-corrected chi connectivity index (χ3v) is 5.55. The van der Waals surface area contributed by atoms with Gasteiger partial charge in [-0.05, 0) is 20.8 Å². The zero-order valence-corrected chi connectivity index (χ0v) is 14.4. The quantitative estimate of drug-likeness (QED) is 0.692. The second-order valence-corrected chi connectivity index (χ2v) is 8.32. The highest BCUT2D eigenvalue weighted by molar-refractivity contribution is 7.89. The minimum atomic E-state index is -3.40. The highest BCUT2D eigenvalue weighted by atomic mass is 32.2. The lowest BCUT2D eigenvalue weighted by Gasteiger charge is -2.37. The number of ether oxygens (including phenoxy) is 4. The molecule has 2 atom stereocenters. The highest BCUT2D eigenvalue weighted by Gasteiger charge is 2.36. The zero-order valence-electron chi connectivity index (χ0n) is 13.6. The van der Waals surface area contributed by atoms with Crippen LogP contribution in [-0.2, 0) is 29.0 Å². The Kier molecular flexibility index (Phi) is 6.21. The van der Waals surface area contributed by atoms with Gasteiger partial charge in [-0.2, -0.15) is 4.31 Å². The van der Waals surface area contributed by atoms with Gasteiger partial charge in [0.25, 0.3) is 0 Å². The van der Waals surface area contributed by atoms with Gasteiger partial charge in [-0.15, -0.1) is 0 Å². The van der Waals surface area contributed by atoms with Crippen LogP contribution in [0.3, 0.4) is 0 Å². The number of rotatable bonds is 6. The molecule has 0 spiro atoms. The summed E-state index contributed by atoms with van der Waals surface area (Å²) in [6.07, 6.45) is -0.634. The number of hydrogen-bond donors (Lipinski definition) is 0. The monoisotopic (exact) mass is 337 g/mol. The van der Waals surface area contributed by atoms with Crippen LogP contribution in [0.4, 0.5) is 0 Å². The first-order valence-electron chi connectivity index (χ1n) is 7.75. The fourth-order valence-corrected chi connectivity index (χ4v) is 4.26. The van der Waals surface area contributed by atoms with Crippen LogP contribution in [-0.4, -0.2) is 82.4 Å². The Morgan fingerprint density at radius 3 is 2.77 bits per heavy atom. The molecule has 2 saturated heterocycles. The summed E-state index contributed by atoms with van der Waals surface area (Å²) in [5.74, 6) is -0.0578. The topological polar surface area (TPSA) is 74.3 Å². The summed E-state index contributed by atoms with van der Waals surface area (Å²) in [5.41, 5.74) is -0.444. The van der Waals surface area contributed by atoms with Crippen LogP contribution < -0.4 is 0 Å². The maximum Gasteiger partial charge on any atom is 0.216 e. The van der Waals surface area contributed by atoms with E-state index >= 15 is 0 Å². The minimum Gasteiger partial charge on any atom is -0.379 e. The molecule has 2 fully saturated rings. The van der Waals surface area contributed by atoms with Crippen molar-refractivity contribution in [2.24, 2.45) is 0 Å². The predicted molar refractivity (Wildman–Crippen MR) is 81.4 cm³/mol. The molecule has 2 aliphatic heterocycles. The molecular weight excluding hydrogens is 310 g/mol. The van der Waals surface area contributed by atoms with Crippen molar-refractivity contribution >= 4 is 10.0 Å². The van der Waals surface area contributed by atoms with Gasteiger partial charge in [-0.3, -0.25) is 0 Å². The van der Waals surface area contributed by atoms with E-state index in [2.05, 4.69) is 0 Å². The summed E-state index contributed by atoms with van der Waals surface area (Å²) in [6, 6.07) is 0. The molecule has 0 aromatic carbocycles. The van der Waals surface area contributed by atoms with E-state index in [1.165, 1.54) is 4.31 Å². The van der Waals surface area contributed by atoms with E-state index in [9.17, 15) is 8.42 Å². The van der Waals surface area contributed by atoms with E-state index in [4.69, 9.17) is 18.9 Å². The number of morpholine rings is 1.